The van der Waals surface area contributed by atoms with Gasteiger partial charge in [-0.05, 0) is 44.5 Å². The molecule has 3 heteroatoms. The molecule has 0 fully saturated rings. The van der Waals surface area contributed by atoms with E-state index < -0.39 is 0 Å². The van der Waals surface area contributed by atoms with Crippen molar-refractivity contribution < 1.29 is 0 Å². The number of halogens is 1. The molecule has 2 nitrogen and oxygen atoms in total. The summed E-state index contributed by atoms with van der Waals surface area (Å²) in [6.45, 7) is 8.58. The van der Waals surface area contributed by atoms with Crippen molar-refractivity contribution in [3.05, 3.63) is 28.2 Å². The summed E-state index contributed by atoms with van der Waals surface area (Å²) in [5.74, 6) is 0. The van der Waals surface area contributed by atoms with E-state index in [2.05, 4.69) is 72.2 Å². The van der Waals surface area contributed by atoms with Gasteiger partial charge in [0.05, 0.1) is 0 Å². The summed E-state index contributed by atoms with van der Waals surface area (Å²) in [5, 5.41) is 3.42. The van der Waals surface area contributed by atoms with Crippen molar-refractivity contribution in [2.75, 3.05) is 18.5 Å². The molecule has 0 bridgehead atoms. The fraction of sp³-hybridized carbons (Fsp3) is 0.571. The lowest BCUT2D eigenvalue weighted by atomic mass is 10.2. The summed E-state index contributed by atoms with van der Waals surface area (Å²) in [6, 6.07) is 7.10. The predicted molar refractivity (Wildman–Crippen MR) is 79.7 cm³/mol. The van der Waals surface area contributed by atoms with Crippen LogP contribution in [0.5, 0.6) is 0 Å². The Bertz CT molecular complexity index is 350. The zero-order valence-electron chi connectivity index (χ0n) is 11.3. The Labute approximate surface area is 114 Å². The molecule has 0 unspecified atom stereocenters. The molecular weight excluding hydrogens is 276 g/mol. The predicted octanol–water partition coefficient (Wildman–Crippen LogP) is 3.79. The number of benzene rings is 1. The number of nitrogens with one attached hydrogen (secondary N) is 1. The van der Waals surface area contributed by atoms with Crippen LogP contribution in [0.4, 0.5) is 5.69 Å². The van der Waals surface area contributed by atoms with Crippen LogP contribution in [0.15, 0.2) is 22.7 Å². The number of anilines is 1. The molecule has 1 rings (SSSR count). The highest BCUT2D eigenvalue weighted by Gasteiger charge is 2.07. The maximum Gasteiger partial charge on any atom is 0.0377 e. The van der Waals surface area contributed by atoms with E-state index in [0.717, 1.165) is 13.1 Å². The standard InChI is InChI=1S/C14H23BrN2/c1-5-8-16-10-12-6-7-13(9-14(12)15)17(4)11(2)3/h6-7,9,11,16H,5,8,10H2,1-4H3. The van der Waals surface area contributed by atoms with Gasteiger partial charge in [-0.3, -0.25) is 0 Å². The third-order valence-electron chi connectivity index (χ3n) is 2.96. The van der Waals surface area contributed by atoms with Gasteiger partial charge in [0.15, 0.2) is 0 Å². The zero-order valence-corrected chi connectivity index (χ0v) is 12.8. The van der Waals surface area contributed by atoms with Gasteiger partial charge in [-0.2, -0.15) is 0 Å². The molecule has 0 atom stereocenters. The van der Waals surface area contributed by atoms with Gasteiger partial charge >= 0.3 is 0 Å². The van der Waals surface area contributed by atoms with Gasteiger partial charge in [0.1, 0.15) is 0 Å². The summed E-state index contributed by atoms with van der Waals surface area (Å²) in [6.07, 6.45) is 1.17. The first-order chi connectivity index (χ1) is 8.06. The normalized spacial score (nSPS) is 10.9. The van der Waals surface area contributed by atoms with E-state index in [9.17, 15) is 0 Å². The van der Waals surface area contributed by atoms with Crippen LogP contribution in [-0.4, -0.2) is 19.6 Å². The largest absolute Gasteiger partial charge is 0.372 e. The Morgan fingerprint density at radius 3 is 2.59 bits per heavy atom. The smallest absolute Gasteiger partial charge is 0.0377 e. The van der Waals surface area contributed by atoms with Crippen LogP contribution in [0.25, 0.3) is 0 Å². The fourth-order valence-electron chi connectivity index (χ4n) is 1.60. The van der Waals surface area contributed by atoms with Crippen molar-refractivity contribution >= 4 is 21.6 Å². The van der Waals surface area contributed by atoms with E-state index >= 15 is 0 Å². The Balaban J connectivity index is 2.72. The first-order valence-corrected chi connectivity index (χ1v) is 7.07. The fourth-order valence-corrected chi connectivity index (χ4v) is 2.10. The molecule has 0 aliphatic heterocycles. The summed E-state index contributed by atoms with van der Waals surface area (Å²) >= 11 is 3.65. The molecule has 0 saturated carbocycles. The van der Waals surface area contributed by atoms with Crippen LogP contribution in [-0.2, 0) is 6.54 Å². The summed E-state index contributed by atoms with van der Waals surface area (Å²) in [4.78, 5) is 2.27. The minimum absolute atomic E-state index is 0.519. The molecule has 0 aliphatic carbocycles. The number of hydrogen-bond donors (Lipinski definition) is 1. The molecule has 0 aliphatic rings. The number of hydrogen-bond acceptors (Lipinski definition) is 2. The van der Waals surface area contributed by atoms with Crippen LogP contribution in [0.2, 0.25) is 0 Å². The van der Waals surface area contributed by atoms with Crippen molar-refractivity contribution in [2.45, 2.75) is 39.8 Å². The molecule has 0 heterocycles. The molecule has 96 valence electrons. The van der Waals surface area contributed by atoms with Gasteiger partial charge in [0.2, 0.25) is 0 Å². The van der Waals surface area contributed by atoms with E-state index in [-0.39, 0.29) is 0 Å². The highest BCUT2D eigenvalue weighted by atomic mass is 79.9. The van der Waals surface area contributed by atoms with Gasteiger partial charge in [0, 0.05) is 29.8 Å². The monoisotopic (exact) mass is 298 g/mol. The third-order valence-corrected chi connectivity index (χ3v) is 3.70. The molecule has 0 aromatic heterocycles. The lowest BCUT2D eigenvalue weighted by Gasteiger charge is -2.24. The van der Waals surface area contributed by atoms with Crippen molar-refractivity contribution in [1.29, 1.82) is 0 Å². The Morgan fingerprint density at radius 2 is 2.06 bits per heavy atom. The summed E-state index contributed by atoms with van der Waals surface area (Å²) in [7, 11) is 2.13. The van der Waals surface area contributed by atoms with Crippen molar-refractivity contribution in [3.8, 4) is 0 Å². The molecule has 0 amide bonds. The topological polar surface area (TPSA) is 15.3 Å². The van der Waals surface area contributed by atoms with Crippen molar-refractivity contribution in [1.82, 2.24) is 5.32 Å². The second-order valence-corrected chi connectivity index (χ2v) is 5.51. The van der Waals surface area contributed by atoms with Crippen LogP contribution in [0.3, 0.4) is 0 Å². The van der Waals surface area contributed by atoms with E-state index in [1.165, 1.54) is 22.1 Å². The SMILES string of the molecule is CCCNCc1ccc(N(C)C(C)C)cc1Br. The van der Waals surface area contributed by atoms with Crippen LogP contribution < -0.4 is 10.2 Å². The number of nitrogens with zero attached hydrogens (tertiary/aromatic N) is 1. The maximum atomic E-state index is 3.65. The minimum Gasteiger partial charge on any atom is -0.372 e. The van der Waals surface area contributed by atoms with Gasteiger partial charge in [0.25, 0.3) is 0 Å². The Kier molecular flexibility index (Phi) is 6.00. The molecule has 0 spiro atoms. The third kappa shape index (κ3) is 4.32. The van der Waals surface area contributed by atoms with Crippen LogP contribution >= 0.6 is 15.9 Å². The van der Waals surface area contributed by atoms with E-state index in [4.69, 9.17) is 0 Å². The Hall–Kier alpha value is -0.540. The molecule has 1 aromatic rings. The zero-order chi connectivity index (χ0) is 12.8. The van der Waals surface area contributed by atoms with Gasteiger partial charge < -0.3 is 10.2 Å². The lowest BCUT2D eigenvalue weighted by molar-refractivity contribution is 0.673. The van der Waals surface area contributed by atoms with Crippen LogP contribution in [0, 0.1) is 0 Å². The van der Waals surface area contributed by atoms with Gasteiger partial charge in [-0.15, -0.1) is 0 Å². The number of rotatable bonds is 6. The highest BCUT2D eigenvalue weighted by molar-refractivity contribution is 9.10. The van der Waals surface area contributed by atoms with Crippen molar-refractivity contribution in [3.63, 3.8) is 0 Å². The second kappa shape index (κ2) is 7.02. The first-order valence-electron chi connectivity index (χ1n) is 6.28. The molecule has 0 radical (unpaired) electrons. The molecule has 1 N–H and O–H groups in total. The molecule has 0 saturated heterocycles. The molecule has 1 aromatic carbocycles. The minimum atomic E-state index is 0.519. The van der Waals surface area contributed by atoms with Crippen LogP contribution in [0.1, 0.15) is 32.8 Å². The van der Waals surface area contributed by atoms with Crippen molar-refractivity contribution in [2.24, 2.45) is 0 Å². The van der Waals surface area contributed by atoms with E-state index in [0.29, 0.717) is 6.04 Å². The van der Waals surface area contributed by atoms with E-state index in [1.54, 1.807) is 0 Å². The van der Waals surface area contributed by atoms with Gasteiger partial charge in [-0.25, -0.2) is 0 Å². The first kappa shape index (κ1) is 14.5. The maximum absolute atomic E-state index is 3.65. The lowest BCUT2D eigenvalue weighted by Crippen LogP contribution is -2.25. The van der Waals surface area contributed by atoms with E-state index in [1.807, 2.05) is 0 Å². The summed E-state index contributed by atoms with van der Waals surface area (Å²) in [5.41, 5.74) is 2.57. The average Bonchev–Trinajstić information content (AvgIpc) is 2.30. The highest BCUT2D eigenvalue weighted by Crippen LogP contribution is 2.24. The summed E-state index contributed by atoms with van der Waals surface area (Å²) < 4.78 is 1.19. The Morgan fingerprint density at radius 1 is 1.35 bits per heavy atom. The molecular formula is C14H23BrN2. The second-order valence-electron chi connectivity index (χ2n) is 4.66. The molecule has 17 heavy (non-hydrogen) atoms. The van der Waals surface area contributed by atoms with Gasteiger partial charge in [-0.1, -0.05) is 28.9 Å². The quantitative estimate of drug-likeness (QED) is 0.804. The average molecular weight is 299 g/mol.